The summed E-state index contributed by atoms with van der Waals surface area (Å²) in [7, 11) is 0. The first-order valence-corrected chi connectivity index (χ1v) is 7.14. The first-order valence-electron chi connectivity index (χ1n) is 6.33. The van der Waals surface area contributed by atoms with Crippen LogP contribution in [0.15, 0.2) is 6.20 Å². The summed E-state index contributed by atoms with van der Waals surface area (Å²) in [6, 6.07) is 0.659. The van der Waals surface area contributed by atoms with Crippen molar-refractivity contribution >= 4 is 16.5 Å². The van der Waals surface area contributed by atoms with Crippen LogP contribution in [-0.2, 0) is 6.61 Å². The predicted molar refractivity (Wildman–Crippen MR) is 71.6 cm³/mol. The Morgan fingerprint density at radius 2 is 2.29 bits per heavy atom. The molecule has 1 aliphatic heterocycles. The first kappa shape index (κ1) is 12.8. The third-order valence-corrected chi connectivity index (χ3v) is 4.50. The molecule has 2 heterocycles. The first-order chi connectivity index (χ1) is 8.28. The maximum absolute atomic E-state index is 9.05. The molecular formula is C12H21N3OS. The molecule has 0 aliphatic carbocycles. The lowest BCUT2D eigenvalue weighted by molar-refractivity contribution is 0.232. The van der Waals surface area contributed by atoms with Gasteiger partial charge in [-0.1, -0.05) is 25.2 Å². The van der Waals surface area contributed by atoms with Crippen LogP contribution >= 0.6 is 11.3 Å². The van der Waals surface area contributed by atoms with Crippen molar-refractivity contribution in [2.75, 3.05) is 31.1 Å². The Labute approximate surface area is 107 Å². The number of aliphatic hydroxyl groups is 1. The lowest BCUT2D eigenvalue weighted by Gasteiger charge is -2.25. The number of hydrogen-bond acceptors (Lipinski definition) is 5. The highest BCUT2D eigenvalue weighted by Gasteiger charge is 2.27. The van der Waals surface area contributed by atoms with Gasteiger partial charge in [0.15, 0.2) is 5.13 Å². The zero-order valence-electron chi connectivity index (χ0n) is 10.6. The van der Waals surface area contributed by atoms with Crippen molar-refractivity contribution in [1.29, 1.82) is 0 Å². The largest absolute Gasteiger partial charge is 0.391 e. The van der Waals surface area contributed by atoms with E-state index in [1.54, 1.807) is 17.5 Å². The van der Waals surface area contributed by atoms with E-state index in [2.05, 4.69) is 28.6 Å². The maximum atomic E-state index is 9.05. The van der Waals surface area contributed by atoms with Crippen LogP contribution in [0.3, 0.4) is 0 Å². The minimum atomic E-state index is 0.102. The van der Waals surface area contributed by atoms with Gasteiger partial charge in [-0.2, -0.15) is 0 Å². The minimum Gasteiger partial charge on any atom is -0.391 e. The number of rotatable bonds is 5. The molecule has 2 rings (SSSR count). The van der Waals surface area contributed by atoms with Crippen molar-refractivity contribution in [3.05, 3.63) is 11.1 Å². The topological polar surface area (TPSA) is 39.6 Å². The molecule has 0 aromatic carbocycles. The van der Waals surface area contributed by atoms with E-state index in [0.717, 1.165) is 36.2 Å². The van der Waals surface area contributed by atoms with E-state index in [4.69, 9.17) is 5.11 Å². The van der Waals surface area contributed by atoms with Crippen molar-refractivity contribution in [1.82, 2.24) is 9.88 Å². The van der Waals surface area contributed by atoms with Crippen molar-refractivity contribution < 1.29 is 5.11 Å². The van der Waals surface area contributed by atoms with Gasteiger partial charge in [0.05, 0.1) is 11.5 Å². The fourth-order valence-electron chi connectivity index (χ4n) is 2.47. The monoisotopic (exact) mass is 255 g/mol. The molecule has 5 heteroatoms. The van der Waals surface area contributed by atoms with Gasteiger partial charge in [0.25, 0.3) is 0 Å². The second-order valence-corrected chi connectivity index (χ2v) is 5.47. The zero-order chi connectivity index (χ0) is 12.3. The summed E-state index contributed by atoms with van der Waals surface area (Å²) in [5.41, 5.74) is 0. The number of anilines is 1. The van der Waals surface area contributed by atoms with Crippen molar-refractivity contribution in [2.45, 2.75) is 32.9 Å². The number of hydrogen-bond donors (Lipinski definition) is 1. The van der Waals surface area contributed by atoms with Gasteiger partial charge >= 0.3 is 0 Å². The number of aliphatic hydroxyl groups excluding tert-OH is 1. The Kier molecular flexibility index (Phi) is 4.36. The van der Waals surface area contributed by atoms with Gasteiger partial charge in [-0.3, -0.25) is 4.90 Å². The van der Waals surface area contributed by atoms with E-state index in [1.165, 1.54) is 6.42 Å². The Bertz CT molecular complexity index is 351. The SMILES string of the molecule is CCN(CC)C1CCN(c2ncc(CO)s2)C1. The number of aromatic nitrogens is 1. The van der Waals surface area contributed by atoms with E-state index >= 15 is 0 Å². The summed E-state index contributed by atoms with van der Waals surface area (Å²) in [6.07, 6.45) is 3.00. The van der Waals surface area contributed by atoms with Gasteiger partial charge < -0.3 is 10.0 Å². The molecule has 1 N–H and O–H groups in total. The number of nitrogens with zero attached hydrogens (tertiary/aromatic N) is 3. The molecule has 4 nitrogen and oxygen atoms in total. The van der Waals surface area contributed by atoms with Gasteiger partial charge in [-0.15, -0.1) is 0 Å². The molecule has 17 heavy (non-hydrogen) atoms. The van der Waals surface area contributed by atoms with E-state index in [9.17, 15) is 0 Å². The smallest absolute Gasteiger partial charge is 0.185 e. The summed E-state index contributed by atoms with van der Waals surface area (Å²) >= 11 is 1.61. The van der Waals surface area contributed by atoms with Gasteiger partial charge in [-0.25, -0.2) is 4.98 Å². The second-order valence-electron chi connectivity index (χ2n) is 4.38. The van der Waals surface area contributed by atoms with Crippen molar-refractivity contribution in [2.24, 2.45) is 0 Å². The van der Waals surface area contributed by atoms with Crippen LogP contribution in [-0.4, -0.2) is 47.2 Å². The van der Waals surface area contributed by atoms with Crippen LogP contribution < -0.4 is 4.90 Å². The fraction of sp³-hybridized carbons (Fsp3) is 0.750. The highest BCUT2D eigenvalue weighted by atomic mass is 32.1. The van der Waals surface area contributed by atoms with E-state index in [1.807, 2.05) is 0 Å². The molecule has 1 aromatic rings. The maximum Gasteiger partial charge on any atom is 0.185 e. The molecule has 96 valence electrons. The quantitative estimate of drug-likeness (QED) is 0.866. The van der Waals surface area contributed by atoms with Crippen LogP contribution in [0.2, 0.25) is 0 Å². The van der Waals surface area contributed by atoms with Crippen LogP contribution in [0.4, 0.5) is 5.13 Å². The second kappa shape index (κ2) is 5.80. The summed E-state index contributed by atoms with van der Waals surface area (Å²) < 4.78 is 0. The summed E-state index contributed by atoms with van der Waals surface area (Å²) in [6.45, 7) is 8.94. The zero-order valence-corrected chi connectivity index (χ0v) is 11.4. The standard InChI is InChI=1S/C12H21N3OS/c1-3-14(4-2)10-5-6-15(8-10)12-13-7-11(9-16)17-12/h7,10,16H,3-6,8-9H2,1-2H3. The molecular weight excluding hydrogens is 234 g/mol. The molecule has 1 aliphatic rings. The van der Waals surface area contributed by atoms with Gasteiger partial charge in [0.1, 0.15) is 0 Å². The van der Waals surface area contributed by atoms with Gasteiger partial charge in [0, 0.05) is 25.3 Å². The van der Waals surface area contributed by atoms with Gasteiger partial charge in [-0.05, 0) is 19.5 Å². The molecule has 0 bridgehead atoms. The molecule has 1 fully saturated rings. The molecule has 1 atom stereocenters. The number of thiazole rings is 1. The van der Waals surface area contributed by atoms with Crippen LogP contribution in [0, 0.1) is 0 Å². The Hall–Kier alpha value is -0.650. The van der Waals surface area contributed by atoms with E-state index in [0.29, 0.717) is 6.04 Å². The van der Waals surface area contributed by atoms with Gasteiger partial charge in [0.2, 0.25) is 0 Å². The molecule has 0 saturated carbocycles. The van der Waals surface area contributed by atoms with Crippen LogP contribution in [0.1, 0.15) is 25.1 Å². The molecule has 0 spiro atoms. The molecule has 1 saturated heterocycles. The summed E-state index contributed by atoms with van der Waals surface area (Å²) in [5, 5.41) is 10.1. The van der Waals surface area contributed by atoms with E-state index in [-0.39, 0.29) is 6.61 Å². The predicted octanol–water partition coefficient (Wildman–Crippen LogP) is 1.56. The normalized spacial score (nSPS) is 20.5. The van der Waals surface area contributed by atoms with E-state index < -0.39 is 0 Å². The van der Waals surface area contributed by atoms with Crippen molar-refractivity contribution in [3.63, 3.8) is 0 Å². The Morgan fingerprint density at radius 1 is 1.53 bits per heavy atom. The van der Waals surface area contributed by atoms with Crippen LogP contribution in [0.5, 0.6) is 0 Å². The third-order valence-electron chi connectivity index (χ3n) is 3.46. The minimum absolute atomic E-state index is 0.102. The Balaban J connectivity index is 1.97. The average molecular weight is 255 g/mol. The average Bonchev–Trinajstić information content (AvgIpc) is 2.98. The molecule has 1 unspecified atom stereocenters. The van der Waals surface area contributed by atoms with Crippen LogP contribution in [0.25, 0.3) is 0 Å². The number of likely N-dealkylation sites (N-methyl/N-ethyl adjacent to an activating group) is 1. The third kappa shape index (κ3) is 2.78. The summed E-state index contributed by atoms with van der Waals surface area (Å²) in [5.74, 6) is 0. The molecule has 0 radical (unpaired) electrons. The highest BCUT2D eigenvalue weighted by Crippen LogP contribution is 2.27. The fourth-order valence-corrected chi connectivity index (χ4v) is 3.27. The molecule has 1 aromatic heterocycles. The lowest BCUT2D eigenvalue weighted by atomic mass is 10.2. The molecule has 0 amide bonds. The Morgan fingerprint density at radius 3 is 2.88 bits per heavy atom. The highest BCUT2D eigenvalue weighted by molar-refractivity contribution is 7.15. The summed E-state index contributed by atoms with van der Waals surface area (Å²) in [4.78, 5) is 10.2. The van der Waals surface area contributed by atoms with Crippen molar-refractivity contribution in [3.8, 4) is 0 Å². The lowest BCUT2D eigenvalue weighted by Crippen LogP contribution is -2.37.